The van der Waals surface area contributed by atoms with Crippen LogP contribution in [0.5, 0.6) is 0 Å². The smallest absolute Gasteiger partial charge is 0.332 e. The molecule has 5 rings (SSSR count). The lowest BCUT2D eigenvalue weighted by Crippen LogP contribution is -2.33. The summed E-state index contributed by atoms with van der Waals surface area (Å²) >= 11 is 0. The molecule has 0 saturated carbocycles. The van der Waals surface area contributed by atoms with Gasteiger partial charge in [-0.15, -0.1) is 0 Å². The summed E-state index contributed by atoms with van der Waals surface area (Å²) in [6.07, 6.45) is 2.14. The Hall–Kier alpha value is -3.23. The SMILES string of the molecule is COCC(C)(C)c1c([C@H]2CCC(C(=O)O)OC2)c2cc3[nH]ncc3cc2n1-c1ccc(F)c(C)c1. The third-order valence-electron chi connectivity index (χ3n) is 7.07. The molecule has 1 aliphatic rings. The van der Waals surface area contributed by atoms with Gasteiger partial charge in [0, 0.05) is 40.6 Å². The zero-order valence-corrected chi connectivity index (χ0v) is 20.4. The number of rotatable bonds is 6. The van der Waals surface area contributed by atoms with E-state index >= 15 is 0 Å². The lowest BCUT2D eigenvalue weighted by atomic mass is 9.80. The maximum atomic E-state index is 14.2. The van der Waals surface area contributed by atoms with Gasteiger partial charge in [0.2, 0.25) is 0 Å². The van der Waals surface area contributed by atoms with E-state index in [0.29, 0.717) is 31.6 Å². The van der Waals surface area contributed by atoms with Gasteiger partial charge in [0.1, 0.15) is 5.82 Å². The molecule has 2 N–H and O–H groups in total. The van der Waals surface area contributed by atoms with E-state index in [0.717, 1.165) is 38.8 Å². The van der Waals surface area contributed by atoms with Crippen LogP contribution in [0.1, 0.15) is 49.4 Å². The van der Waals surface area contributed by atoms with Crippen molar-refractivity contribution >= 4 is 27.8 Å². The highest BCUT2D eigenvalue weighted by atomic mass is 19.1. The largest absolute Gasteiger partial charge is 0.479 e. The van der Waals surface area contributed by atoms with E-state index in [1.807, 2.05) is 6.07 Å². The van der Waals surface area contributed by atoms with Crippen LogP contribution in [0.4, 0.5) is 4.39 Å². The molecule has 0 spiro atoms. The standard InChI is InChI=1S/C27H30FN3O4/c1-15-9-18(6-7-20(15)28)31-22-10-17-12-29-30-21(17)11-19(22)24(25(31)27(2,3)14-34-4)16-5-8-23(26(32)33)35-13-16/h6-7,9-12,16,23H,5,8,13-14H2,1-4H3,(H,29,30)(H,32,33)/t16-,23?/m0/s1. The number of aromatic nitrogens is 3. The van der Waals surface area contributed by atoms with Crippen molar-refractivity contribution in [3.05, 3.63) is 59.2 Å². The molecule has 2 atom stereocenters. The number of aromatic amines is 1. The Bertz CT molecular complexity index is 1410. The average molecular weight is 480 g/mol. The number of benzene rings is 2. The Morgan fingerprint density at radius 2 is 2.11 bits per heavy atom. The van der Waals surface area contributed by atoms with E-state index in [4.69, 9.17) is 9.47 Å². The van der Waals surface area contributed by atoms with Crippen LogP contribution in [0.3, 0.4) is 0 Å². The summed E-state index contributed by atoms with van der Waals surface area (Å²) in [7, 11) is 1.69. The second kappa shape index (κ2) is 8.77. The summed E-state index contributed by atoms with van der Waals surface area (Å²) in [6.45, 7) is 6.83. The fraction of sp³-hybridized carbons (Fsp3) is 0.407. The quantitative estimate of drug-likeness (QED) is 0.396. The van der Waals surface area contributed by atoms with Crippen LogP contribution in [0.15, 0.2) is 36.5 Å². The molecule has 0 amide bonds. The predicted molar refractivity (Wildman–Crippen MR) is 132 cm³/mol. The number of nitrogens with one attached hydrogen (secondary N) is 1. The third-order valence-corrected chi connectivity index (χ3v) is 7.07. The molecule has 35 heavy (non-hydrogen) atoms. The first-order chi connectivity index (χ1) is 16.7. The normalized spacial score (nSPS) is 19.0. The summed E-state index contributed by atoms with van der Waals surface area (Å²) in [6, 6.07) is 9.38. The number of fused-ring (bicyclic) bond motifs is 2. The predicted octanol–water partition coefficient (Wildman–Crippen LogP) is 5.23. The summed E-state index contributed by atoms with van der Waals surface area (Å²) < 4.78 is 27.9. The van der Waals surface area contributed by atoms with Crippen LogP contribution in [0.25, 0.3) is 27.5 Å². The zero-order chi connectivity index (χ0) is 24.9. The van der Waals surface area contributed by atoms with Gasteiger partial charge >= 0.3 is 5.97 Å². The van der Waals surface area contributed by atoms with Crippen molar-refractivity contribution in [3.63, 3.8) is 0 Å². The maximum absolute atomic E-state index is 14.2. The van der Waals surface area contributed by atoms with Crippen molar-refractivity contribution in [2.45, 2.75) is 51.0 Å². The average Bonchev–Trinajstić information content (AvgIpc) is 3.41. The molecule has 1 fully saturated rings. The molecular formula is C27H30FN3O4. The summed E-state index contributed by atoms with van der Waals surface area (Å²) in [5, 5.41) is 18.7. The molecule has 0 bridgehead atoms. The molecule has 2 aromatic heterocycles. The molecule has 3 heterocycles. The van der Waals surface area contributed by atoms with Gasteiger partial charge in [0.25, 0.3) is 0 Å². The number of halogens is 1. The van der Waals surface area contributed by atoms with E-state index in [-0.39, 0.29) is 11.7 Å². The van der Waals surface area contributed by atoms with Crippen molar-refractivity contribution in [3.8, 4) is 5.69 Å². The molecule has 184 valence electrons. The van der Waals surface area contributed by atoms with Crippen LogP contribution in [-0.2, 0) is 19.7 Å². The highest BCUT2D eigenvalue weighted by Gasteiger charge is 2.37. The summed E-state index contributed by atoms with van der Waals surface area (Å²) in [5.41, 5.74) is 5.11. The molecule has 2 aromatic carbocycles. The number of ether oxygens (including phenoxy) is 2. The third kappa shape index (κ3) is 4.00. The van der Waals surface area contributed by atoms with E-state index in [2.05, 4.69) is 40.7 Å². The number of carboxylic acids is 1. The minimum atomic E-state index is -0.924. The van der Waals surface area contributed by atoms with Crippen LogP contribution in [-0.4, -0.2) is 52.3 Å². The van der Waals surface area contributed by atoms with E-state index in [1.54, 1.807) is 26.3 Å². The first kappa shape index (κ1) is 23.5. The highest BCUT2D eigenvalue weighted by molar-refractivity contribution is 5.99. The number of hydrogen-bond donors (Lipinski definition) is 2. The number of hydrogen-bond acceptors (Lipinski definition) is 4. The zero-order valence-electron chi connectivity index (χ0n) is 20.4. The van der Waals surface area contributed by atoms with Crippen molar-refractivity contribution < 1.29 is 23.8 Å². The van der Waals surface area contributed by atoms with E-state index in [1.165, 1.54) is 6.07 Å². The van der Waals surface area contributed by atoms with Gasteiger partial charge in [-0.1, -0.05) is 13.8 Å². The minimum absolute atomic E-state index is 0.00222. The van der Waals surface area contributed by atoms with Crippen molar-refractivity contribution in [1.29, 1.82) is 0 Å². The molecule has 7 nitrogen and oxygen atoms in total. The number of nitrogens with zero attached hydrogens (tertiary/aromatic N) is 2. The molecule has 4 aromatic rings. The van der Waals surface area contributed by atoms with Gasteiger partial charge in [0.15, 0.2) is 6.10 Å². The number of aliphatic carboxylic acids is 1. The van der Waals surface area contributed by atoms with Crippen LogP contribution < -0.4 is 0 Å². The van der Waals surface area contributed by atoms with Gasteiger partial charge < -0.3 is 19.1 Å². The molecule has 0 radical (unpaired) electrons. The van der Waals surface area contributed by atoms with Crippen LogP contribution in [0.2, 0.25) is 0 Å². The fourth-order valence-electron chi connectivity index (χ4n) is 5.47. The second-order valence-corrected chi connectivity index (χ2v) is 10.1. The van der Waals surface area contributed by atoms with Gasteiger partial charge in [-0.2, -0.15) is 5.10 Å². The van der Waals surface area contributed by atoms with Gasteiger partial charge in [-0.3, -0.25) is 5.10 Å². The number of methoxy groups -OCH3 is 1. The highest BCUT2D eigenvalue weighted by Crippen LogP contribution is 2.44. The summed E-state index contributed by atoms with van der Waals surface area (Å²) in [4.78, 5) is 11.5. The van der Waals surface area contributed by atoms with Gasteiger partial charge in [0.05, 0.1) is 30.4 Å². The Labute approximate surface area is 202 Å². The van der Waals surface area contributed by atoms with Gasteiger partial charge in [-0.25, -0.2) is 9.18 Å². The van der Waals surface area contributed by atoms with Crippen LogP contribution >= 0.6 is 0 Å². The molecule has 1 unspecified atom stereocenters. The number of aryl methyl sites for hydroxylation is 1. The molecule has 1 aliphatic heterocycles. The second-order valence-electron chi connectivity index (χ2n) is 10.1. The number of carboxylic acid groups (broad SMARTS) is 1. The van der Waals surface area contributed by atoms with Crippen molar-refractivity contribution in [2.75, 3.05) is 20.3 Å². The Morgan fingerprint density at radius 1 is 1.31 bits per heavy atom. The summed E-state index contributed by atoms with van der Waals surface area (Å²) in [5.74, 6) is -1.17. The fourth-order valence-corrected chi connectivity index (χ4v) is 5.47. The lowest BCUT2D eigenvalue weighted by Gasteiger charge is -2.32. The van der Waals surface area contributed by atoms with E-state index < -0.39 is 17.5 Å². The number of carbonyl (C=O) groups is 1. The lowest BCUT2D eigenvalue weighted by molar-refractivity contribution is -0.153. The molecule has 1 saturated heterocycles. The van der Waals surface area contributed by atoms with Crippen molar-refractivity contribution in [1.82, 2.24) is 14.8 Å². The molecular weight excluding hydrogens is 449 g/mol. The Kier molecular flexibility index (Phi) is 5.89. The molecule has 8 heteroatoms. The number of H-pyrrole nitrogens is 1. The Balaban J connectivity index is 1.83. The van der Waals surface area contributed by atoms with E-state index in [9.17, 15) is 14.3 Å². The maximum Gasteiger partial charge on any atom is 0.332 e. The minimum Gasteiger partial charge on any atom is -0.479 e. The van der Waals surface area contributed by atoms with Crippen LogP contribution in [0, 0.1) is 12.7 Å². The monoisotopic (exact) mass is 479 g/mol. The first-order valence-electron chi connectivity index (χ1n) is 11.8. The Morgan fingerprint density at radius 3 is 2.77 bits per heavy atom. The molecule has 0 aliphatic carbocycles. The first-order valence-corrected chi connectivity index (χ1v) is 11.8. The van der Waals surface area contributed by atoms with Gasteiger partial charge in [-0.05, 0) is 61.2 Å². The van der Waals surface area contributed by atoms with Crippen molar-refractivity contribution in [2.24, 2.45) is 0 Å². The topological polar surface area (TPSA) is 89.4 Å².